The van der Waals surface area contributed by atoms with E-state index in [0.717, 1.165) is 26.6 Å². The predicted octanol–water partition coefficient (Wildman–Crippen LogP) is 9.79. The predicted molar refractivity (Wildman–Crippen MR) is 204 cm³/mol. The molecule has 1 heterocycles. The van der Waals surface area contributed by atoms with Gasteiger partial charge >= 0.3 is 0 Å². The molecule has 0 saturated heterocycles. The highest BCUT2D eigenvalue weighted by Gasteiger charge is 2.24. The quantitative estimate of drug-likeness (QED) is 0.0910. The second-order valence-corrected chi connectivity index (χ2v) is 14.0. The molecule has 1 unspecified atom stereocenters. The smallest absolute Gasteiger partial charge is 0.272 e. The number of nitrogens with zero attached hydrogens (tertiary/aromatic N) is 1. The number of benzene rings is 5. The molecule has 11 heteroatoms. The molecule has 0 spiro atoms. The van der Waals surface area contributed by atoms with Gasteiger partial charge < -0.3 is 16.0 Å². The van der Waals surface area contributed by atoms with Crippen molar-refractivity contribution < 1.29 is 18.8 Å². The number of aryl methyl sites for hydroxylation is 1. The Labute approximate surface area is 307 Å². The van der Waals surface area contributed by atoms with Crippen LogP contribution in [0.25, 0.3) is 17.3 Å². The number of thioether (sulfide) groups is 1. The zero-order chi connectivity index (χ0) is 35.7. The van der Waals surface area contributed by atoms with Crippen molar-refractivity contribution in [2.24, 2.45) is 0 Å². The summed E-state index contributed by atoms with van der Waals surface area (Å²) in [5, 5.41) is 8.35. The van der Waals surface area contributed by atoms with E-state index < -0.39 is 22.9 Å². The number of hydrogen-bond acceptors (Lipinski definition) is 6. The van der Waals surface area contributed by atoms with Crippen molar-refractivity contribution in [3.05, 3.63) is 172 Å². The number of amides is 3. The summed E-state index contributed by atoms with van der Waals surface area (Å²) in [7, 11) is 0. The molecular formula is C40H30ClFN4O3S2. The van der Waals surface area contributed by atoms with Gasteiger partial charge in [-0.1, -0.05) is 96.5 Å². The summed E-state index contributed by atoms with van der Waals surface area (Å²) < 4.78 is 14.7. The standard InChI is InChI=1S/C40H30ClFN4O3S2/c1-25-35(26-12-5-2-6-13-26)45-40(50-25)46-39(49)36(27-14-7-3-8-15-27)51-30-22-20-29(21-23-30)43-38(48)34(24-31-32(41)18-11-19-33(31)42)44-37(47)28-16-9-4-10-17-28/h2-24,36H,1H3,(H,43,48)(H,44,47)(H,45,46,49)/b34-24-. The molecule has 1 atom stereocenters. The number of halogens is 2. The fourth-order valence-electron chi connectivity index (χ4n) is 5.07. The van der Waals surface area contributed by atoms with Gasteiger partial charge in [-0.15, -0.1) is 23.1 Å². The van der Waals surface area contributed by atoms with E-state index >= 15 is 0 Å². The first-order valence-electron chi connectivity index (χ1n) is 15.7. The summed E-state index contributed by atoms with van der Waals surface area (Å²) in [5.41, 5.74) is 3.09. The van der Waals surface area contributed by atoms with E-state index in [9.17, 15) is 18.8 Å². The Morgan fingerprint density at radius 2 is 1.45 bits per heavy atom. The lowest BCUT2D eigenvalue weighted by Crippen LogP contribution is -2.30. The molecule has 0 bridgehead atoms. The van der Waals surface area contributed by atoms with Crippen molar-refractivity contribution in [3.63, 3.8) is 0 Å². The molecule has 3 N–H and O–H groups in total. The Hall–Kier alpha value is -5.55. The Balaban J connectivity index is 1.19. The lowest BCUT2D eigenvalue weighted by molar-refractivity contribution is -0.116. The summed E-state index contributed by atoms with van der Waals surface area (Å²) >= 11 is 9.00. The highest BCUT2D eigenvalue weighted by molar-refractivity contribution is 8.00. The van der Waals surface area contributed by atoms with Gasteiger partial charge in [-0.3, -0.25) is 14.4 Å². The number of hydrogen-bond donors (Lipinski definition) is 3. The van der Waals surface area contributed by atoms with Crippen molar-refractivity contribution in [2.75, 3.05) is 10.6 Å². The summed E-state index contributed by atoms with van der Waals surface area (Å²) in [6.45, 7) is 1.98. The minimum absolute atomic E-state index is 0.0427. The van der Waals surface area contributed by atoms with Crippen LogP contribution in [0.4, 0.5) is 15.2 Å². The third-order valence-electron chi connectivity index (χ3n) is 7.60. The van der Waals surface area contributed by atoms with Gasteiger partial charge in [0.1, 0.15) is 16.8 Å². The minimum Gasteiger partial charge on any atom is -0.321 e. The van der Waals surface area contributed by atoms with Gasteiger partial charge in [0.05, 0.1) is 10.7 Å². The number of carbonyl (C=O) groups is 3. The maximum Gasteiger partial charge on any atom is 0.272 e. The van der Waals surface area contributed by atoms with Crippen LogP contribution in [-0.4, -0.2) is 22.7 Å². The topological polar surface area (TPSA) is 100 Å². The molecule has 6 aromatic rings. The van der Waals surface area contributed by atoms with Gasteiger partial charge in [-0.2, -0.15) is 0 Å². The van der Waals surface area contributed by atoms with Gasteiger partial charge in [0.15, 0.2) is 5.13 Å². The van der Waals surface area contributed by atoms with Crippen molar-refractivity contribution >= 4 is 69.3 Å². The van der Waals surface area contributed by atoms with Crippen LogP contribution < -0.4 is 16.0 Å². The molecule has 3 amide bonds. The maximum atomic E-state index is 14.7. The van der Waals surface area contributed by atoms with Crippen LogP contribution in [0.3, 0.4) is 0 Å². The van der Waals surface area contributed by atoms with Crippen molar-refractivity contribution in [2.45, 2.75) is 17.1 Å². The second kappa shape index (κ2) is 16.4. The van der Waals surface area contributed by atoms with Crippen LogP contribution in [0.1, 0.15) is 31.6 Å². The number of carbonyl (C=O) groups excluding carboxylic acids is 3. The highest BCUT2D eigenvalue weighted by atomic mass is 35.5. The number of nitrogens with one attached hydrogen (secondary N) is 3. The van der Waals surface area contributed by atoms with E-state index in [0.29, 0.717) is 16.4 Å². The van der Waals surface area contributed by atoms with Crippen LogP contribution in [0, 0.1) is 12.7 Å². The van der Waals surface area contributed by atoms with Crippen LogP contribution in [0.15, 0.2) is 144 Å². The third kappa shape index (κ3) is 8.98. The second-order valence-electron chi connectivity index (χ2n) is 11.2. The largest absolute Gasteiger partial charge is 0.321 e. The van der Waals surface area contributed by atoms with E-state index in [1.54, 1.807) is 54.6 Å². The summed E-state index contributed by atoms with van der Waals surface area (Å²) in [5.74, 6) is -2.12. The summed E-state index contributed by atoms with van der Waals surface area (Å²) in [6, 6.07) is 38.7. The first-order chi connectivity index (χ1) is 24.7. The number of thiazole rings is 1. The highest BCUT2D eigenvalue weighted by Crippen LogP contribution is 2.38. The molecule has 0 aliphatic heterocycles. The van der Waals surface area contributed by atoms with E-state index in [1.807, 2.05) is 67.6 Å². The van der Waals surface area contributed by atoms with Crippen LogP contribution in [0.2, 0.25) is 5.02 Å². The molecule has 7 nitrogen and oxygen atoms in total. The Morgan fingerprint density at radius 1 is 0.804 bits per heavy atom. The Morgan fingerprint density at radius 3 is 2.12 bits per heavy atom. The molecule has 5 aromatic carbocycles. The fourth-order valence-corrected chi connectivity index (χ4v) is 7.15. The lowest BCUT2D eigenvalue weighted by atomic mass is 10.1. The number of rotatable bonds is 11. The lowest BCUT2D eigenvalue weighted by Gasteiger charge is -2.17. The van der Waals surface area contributed by atoms with Gasteiger partial charge in [0, 0.05) is 32.2 Å². The molecule has 0 aliphatic carbocycles. The molecule has 0 saturated carbocycles. The van der Waals surface area contributed by atoms with E-state index in [2.05, 4.69) is 16.0 Å². The summed E-state index contributed by atoms with van der Waals surface area (Å²) in [6.07, 6.45) is 1.20. The van der Waals surface area contributed by atoms with E-state index in [-0.39, 0.29) is 22.2 Å². The molecule has 0 radical (unpaired) electrons. The molecule has 6 rings (SSSR count). The van der Waals surface area contributed by atoms with Crippen molar-refractivity contribution in [3.8, 4) is 11.3 Å². The molecular weight excluding hydrogens is 703 g/mol. The fraction of sp³-hybridized carbons (Fsp3) is 0.0500. The zero-order valence-electron chi connectivity index (χ0n) is 27.1. The minimum atomic E-state index is -0.686. The SMILES string of the molecule is Cc1sc(NC(=O)C(Sc2ccc(NC(=O)/C(=C/c3c(F)cccc3Cl)NC(=O)c3ccccc3)cc2)c2ccccc2)nc1-c1ccccc1. The van der Waals surface area contributed by atoms with E-state index in [1.165, 1.54) is 47.4 Å². The van der Waals surface area contributed by atoms with Crippen molar-refractivity contribution in [1.29, 1.82) is 0 Å². The van der Waals surface area contributed by atoms with Gasteiger partial charge in [-0.05, 0) is 67.1 Å². The Bertz CT molecular complexity index is 2180. The number of anilines is 2. The first kappa shape index (κ1) is 35.3. The monoisotopic (exact) mass is 732 g/mol. The molecule has 51 heavy (non-hydrogen) atoms. The van der Waals surface area contributed by atoms with Crippen molar-refractivity contribution in [1.82, 2.24) is 10.3 Å². The van der Waals surface area contributed by atoms with Gasteiger partial charge in [-0.25, -0.2) is 9.37 Å². The average molecular weight is 733 g/mol. The summed E-state index contributed by atoms with van der Waals surface area (Å²) in [4.78, 5) is 46.7. The Kier molecular flexibility index (Phi) is 11.4. The van der Waals surface area contributed by atoms with Crippen LogP contribution in [0.5, 0.6) is 0 Å². The third-order valence-corrected chi connectivity index (χ3v) is 10.1. The molecule has 0 aliphatic rings. The normalized spacial score (nSPS) is 11.8. The van der Waals surface area contributed by atoms with Gasteiger partial charge in [0.2, 0.25) is 5.91 Å². The molecule has 254 valence electrons. The average Bonchev–Trinajstić information content (AvgIpc) is 3.52. The van der Waals surface area contributed by atoms with Gasteiger partial charge in [0.25, 0.3) is 11.8 Å². The first-order valence-corrected chi connectivity index (χ1v) is 17.8. The maximum absolute atomic E-state index is 14.7. The van der Waals surface area contributed by atoms with E-state index in [4.69, 9.17) is 16.6 Å². The molecule has 0 fully saturated rings. The zero-order valence-corrected chi connectivity index (χ0v) is 29.5. The number of aromatic nitrogens is 1. The molecule has 1 aromatic heterocycles. The van der Waals surface area contributed by atoms with Crippen LogP contribution >= 0.6 is 34.7 Å². The van der Waals surface area contributed by atoms with Crippen LogP contribution in [-0.2, 0) is 9.59 Å².